The van der Waals surface area contributed by atoms with Gasteiger partial charge in [-0.25, -0.2) is 4.39 Å². The fourth-order valence-corrected chi connectivity index (χ4v) is 1.66. The van der Waals surface area contributed by atoms with Gasteiger partial charge in [0.1, 0.15) is 5.82 Å². The number of rotatable bonds is 7. The minimum absolute atomic E-state index is 0.142. The Morgan fingerprint density at radius 1 is 1.25 bits per heavy atom. The second kappa shape index (κ2) is 8.30. The molecule has 1 rings (SSSR count). The number of aryl methyl sites for hydroxylation is 1. The number of esters is 1. The van der Waals surface area contributed by atoms with Crippen molar-refractivity contribution in [3.05, 3.63) is 35.6 Å². The highest BCUT2D eigenvalue weighted by Crippen LogP contribution is 2.08. The van der Waals surface area contributed by atoms with Gasteiger partial charge >= 0.3 is 5.97 Å². The maximum Gasteiger partial charge on any atom is 0.307 e. The van der Waals surface area contributed by atoms with Gasteiger partial charge in [-0.15, -0.1) is 0 Å². The molecule has 0 aromatic heterocycles. The van der Waals surface area contributed by atoms with Crippen LogP contribution in [0.4, 0.5) is 4.39 Å². The van der Waals surface area contributed by atoms with Gasteiger partial charge in [-0.05, 0) is 31.9 Å². The molecule has 1 aromatic carbocycles. The number of amides is 1. The fourth-order valence-electron chi connectivity index (χ4n) is 1.66. The summed E-state index contributed by atoms with van der Waals surface area (Å²) in [4.78, 5) is 22.8. The molecule has 0 atom stereocenters. The van der Waals surface area contributed by atoms with Crippen molar-refractivity contribution < 1.29 is 18.7 Å². The van der Waals surface area contributed by atoms with Gasteiger partial charge in [-0.1, -0.05) is 18.2 Å². The van der Waals surface area contributed by atoms with Crippen molar-refractivity contribution in [2.45, 2.75) is 39.2 Å². The number of hydrogen-bond acceptors (Lipinski definition) is 3. The van der Waals surface area contributed by atoms with Crippen LogP contribution in [-0.4, -0.2) is 24.5 Å². The zero-order valence-corrected chi connectivity index (χ0v) is 11.8. The van der Waals surface area contributed by atoms with Crippen LogP contribution in [0.15, 0.2) is 24.3 Å². The van der Waals surface area contributed by atoms with E-state index in [1.807, 2.05) is 0 Å². The average Bonchev–Trinajstić information content (AvgIpc) is 2.37. The topological polar surface area (TPSA) is 55.4 Å². The molecule has 4 nitrogen and oxygen atoms in total. The lowest BCUT2D eigenvalue weighted by atomic mass is 10.1. The van der Waals surface area contributed by atoms with Gasteiger partial charge in [-0.2, -0.15) is 0 Å². The van der Waals surface area contributed by atoms with E-state index in [9.17, 15) is 14.0 Å². The van der Waals surface area contributed by atoms with Gasteiger partial charge in [0.25, 0.3) is 0 Å². The van der Waals surface area contributed by atoms with Crippen molar-refractivity contribution in [2.75, 3.05) is 6.54 Å². The first-order valence-electron chi connectivity index (χ1n) is 6.68. The molecule has 0 aliphatic carbocycles. The lowest BCUT2D eigenvalue weighted by Crippen LogP contribution is -2.27. The zero-order valence-electron chi connectivity index (χ0n) is 11.8. The molecule has 1 amide bonds. The number of carbonyl (C=O) groups excluding carboxylic acids is 2. The van der Waals surface area contributed by atoms with Gasteiger partial charge < -0.3 is 10.1 Å². The van der Waals surface area contributed by atoms with Crippen molar-refractivity contribution in [2.24, 2.45) is 0 Å². The summed E-state index contributed by atoms with van der Waals surface area (Å²) < 4.78 is 18.3. The Kier molecular flexibility index (Phi) is 6.70. The highest BCUT2D eigenvalue weighted by Gasteiger charge is 2.08. The van der Waals surface area contributed by atoms with Gasteiger partial charge in [0.2, 0.25) is 5.91 Å². The van der Waals surface area contributed by atoms with Gasteiger partial charge in [0.15, 0.2) is 0 Å². The number of nitrogens with one attached hydrogen (secondary N) is 1. The second-order valence-electron chi connectivity index (χ2n) is 4.73. The summed E-state index contributed by atoms with van der Waals surface area (Å²) in [7, 11) is 0. The molecule has 0 bridgehead atoms. The molecular weight excluding hydrogens is 261 g/mol. The van der Waals surface area contributed by atoms with Crippen LogP contribution in [0.2, 0.25) is 0 Å². The monoisotopic (exact) mass is 281 g/mol. The van der Waals surface area contributed by atoms with Crippen molar-refractivity contribution in [3.63, 3.8) is 0 Å². The minimum Gasteiger partial charge on any atom is -0.463 e. The Morgan fingerprint density at radius 2 is 1.95 bits per heavy atom. The summed E-state index contributed by atoms with van der Waals surface area (Å²) >= 11 is 0. The largest absolute Gasteiger partial charge is 0.463 e. The number of ether oxygens (including phenoxy) is 1. The summed E-state index contributed by atoms with van der Waals surface area (Å²) in [6, 6.07) is 6.37. The smallest absolute Gasteiger partial charge is 0.307 e. The highest BCUT2D eigenvalue weighted by molar-refractivity contribution is 5.77. The molecule has 110 valence electrons. The van der Waals surface area contributed by atoms with Crippen LogP contribution < -0.4 is 5.32 Å². The molecule has 0 aliphatic rings. The van der Waals surface area contributed by atoms with E-state index in [0.29, 0.717) is 12.0 Å². The molecule has 0 unspecified atom stereocenters. The average molecular weight is 281 g/mol. The number of benzene rings is 1. The number of hydrogen-bond donors (Lipinski definition) is 1. The van der Waals surface area contributed by atoms with Gasteiger partial charge in [-0.3, -0.25) is 9.59 Å². The minimum atomic E-state index is -0.339. The van der Waals surface area contributed by atoms with E-state index in [0.717, 1.165) is 0 Å². The molecule has 0 spiro atoms. The zero-order chi connectivity index (χ0) is 15.0. The van der Waals surface area contributed by atoms with Crippen LogP contribution in [0.1, 0.15) is 32.3 Å². The normalized spacial score (nSPS) is 10.4. The predicted molar refractivity (Wildman–Crippen MR) is 73.6 cm³/mol. The van der Waals surface area contributed by atoms with Crippen LogP contribution in [0, 0.1) is 5.82 Å². The van der Waals surface area contributed by atoms with Crippen LogP contribution >= 0.6 is 0 Å². The lowest BCUT2D eigenvalue weighted by molar-refractivity contribution is -0.147. The Labute approximate surface area is 118 Å². The molecular formula is C15H20FNO3. The van der Waals surface area contributed by atoms with E-state index in [-0.39, 0.29) is 43.2 Å². The third kappa shape index (κ3) is 6.31. The van der Waals surface area contributed by atoms with Crippen LogP contribution in [-0.2, 0) is 20.7 Å². The van der Waals surface area contributed by atoms with Crippen molar-refractivity contribution in [1.29, 1.82) is 0 Å². The summed E-state index contributed by atoms with van der Waals surface area (Å²) in [5, 5.41) is 2.61. The number of halogens is 1. The van der Waals surface area contributed by atoms with E-state index < -0.39 is 0 Å². The molecule has 5 heteroatoms. The van der Waals surface area contributed by atoms with Crippen molar-refractivity contribution in [1.82, 2.24) is 5.32 Å². The lowest BCUT2D eigenvalue weighted by Gasteiger charge is -2.08. The maximum atomic E-state index is 13.3. The van der Waals surface area contributed by atoms with Crippen LogP contribution in [0.5, 0.6) is 0 Å². The quantitative estimate of drug-likeness (QED) is 0.780. The van der Waals surface area contributed by atoms with Crippen LogP contribution in [0.25, 0.3) is 0 Å². The molecule has 0 fully saturated rings. The Bertz CT molecular complexity index is 460. The van der Waals surface area contributed by atoms with Gasteiger partial charge in [0.05, 0.1) is 12.5 Å². The second-order valence-corrected chi connectivity index (χ2v) is 4.73. The predicted octanol–water partition coefficient (Wildman–Crippen LogP) is 2.22. The molecule has 1 aromatic rings. The molecule has 0 heterocycles. The molecule has 0 aliphatic heterocycles. The Morgan fingerprint density at radius 3 is 2.60 bits per heavy atom. The van der Waals surface area contributed by atoms with E-state index in [2.05, 4.69) is 5.32 Å². The first-order valence-corrected chi connectivity index (χ1v) is 6.68. The Hall–Kier alpha value is -1.91. The SMILES string of the molecule is CC(C)OC(=O)CCNC(=O)CCc1ccccc1F. The van der Waals surface area contributed by atoms with E-state index in [1.165, 1.54) is 6.07 Å². The standard InChI is InChI=1S/C15H20FNO3/c1-11(2)20-15(19)9-10-17-14(18)8-7-12-5-3-4-6-13(12)16/h3-6,11H,7-10H2,1-2H3,(H,17,18). The van der Waals surface area contributed by atoms with Gasteiger partial charge in [0, 0.05) is 13.0 Å². The first-order chi connectivity index (χ1) is 9.49. The Balaban J connectivity index is 2.21. The summed E-state index contributed by atoms with van der Waals surface area (Å²) in [6.45, 7) is 3.78. The summed E-state index contributed by atoms with van der Waals surface area (Å²) in [5.41, 5.74) is 0.516. The highest BCUT2D eigenvalue weighted by atomic mass is 19.1. The van der Waals surface area contributed by atoms with Crippen LogP contribution in [0.3, 0.4) is 0 Å². The fraction of sp³-hybridized carbons (Fsp3) is 0.467. The van der Waals surface area contributed by atoms with Crippen molar-refractivity contribution in [3.8, 4) is 0 Å². The van der Waals surface area contributed by atoms with E-state index in [4.69, 9.17) is 4.74 Å². The third-order valence-corrected chi connectivity index (χ3v) is 2.60. The molecule has 0 radical (unpaired) electrons. The summed E-state index contributed by atoms with van der Waals surface area (Å²) in [6.07, 6.45) is 0.526. The molecule has 0 saturated carbocycles. The third-order valence-electron chi connectivity index (χ3n) is 2.60. The van der Waals surface area contributed by atoms with E-state index >= 15 is 0 Å². The molecule has 0 saturated heterocycles. The van der Waals surface area contributed by atoms with E-state index in [1.54, 1.807) is 32.0 Å². The van der Waals surface area contributed by atoms with Crippen molar-refractivity contribution >= 4 is 11.9 Å². The molecule has 20 heavy (non-hydrogen) atoms. The summed E-state index contributed by atoms with van der Waals surface area (Å²) in [5.74, 6) is -0.846. The number of carbonyl (C=O) groups is 2. The molecule has 1 N–H and O–H groups in total. The maximum absolute atomic E-state index is 13.3. The first kappa shape index (κ1) is 16.1.